The van der Waals surface area contributed by atoms with Crippen LogP contribution < -0.4 is 20.9 Å². The topological polar surface area (TPSA) is 73.5 Å². The maximum Gasteiger partial charge on any atom is 0.323 e. The highest BCUT2D eigenvalue weighted by molar-refractivity contribution is 6.31. The van der Waals surface area contributed by atoms with Gasteiger partial charge in [0.1, 0.15) is 5.82 Å². The third-order valence-electron chi connectivity index (χ3n) is 6.69. The Balaban J connectivity index is 1.35. The third kappa shape index (κ3) is 6.56. The van der Waals surface area contributed by atoms with Crippen LogP contribution in [0.25, 0.3) is 0 Å². The molecule has 5 rings (SSSR count). The van der Waals surface area contributed by atoms with Crippen molar-refractivity contribution in [1.29, 1.82) is 0 Å². The molecule has 0 unspecified atom stereocenters. The predicted octanol–water partition coefficient (Wildman–Crippen LogP) is 6.66. The summed E-state index contributed by atoms with van der Waals surface area (Å²) < 4.78 is 13.5. The van der Waals surface area contributed by atoms with Crippen molar-refractivity contribution >= 4 is 40.6 Å². The van der Waals surface area contributed by atoms with E-state index in [4.69, 9.17) is 11.6 Å². The van der Waals surface area contributed by atoms with Crippen molar-refractivity contribution in [2.75, 3.05) is 28.6 Å². The first-order valence-electron chi connectivity index (χ1n) is 12.8. The molecular weight excluding hydrogens is 515 g/mol. The molecule has 0 aliphatic carbocycles. The molecule has 198 valence electrons. The van der Waals surface area contributed by atoms with Gasteiger partial charge in [-0.15, -0.1) is 0 Å². The summed E-state index contributed by atoms with van der Waals surface area (Å²) in [5, 5.41) is 8.34. The SMILES string of the molecule is O=C(Nc1ccc(F)c(Cl)c1)Nc1ccc(N2CCc3ccccc3C2)c(C(=O)NCCc2ccccc2)c1. The van der Waals surface area contributed by atoms with Gasteiger partial charge in [0, 0.05) is 36.7 Å². The van der Waals surface area contributed by atoms with Crippen LogP contribution >= 0.6 is 11.6 Å². The molecule has 0 saturated heterocycles. The Hall–Kier alpha value is -4.36. The van der Waals surface area contributed by atoms with E-state index in [-0.39, 0.29) is 10.9 Å². The maximum absolute atomic E-state index is 13.5. The summed E-state index contributed by atoms with van der Waals surface area (Å²) in [5.74, 6) is -0.782. The van der Waals surface area contributed by atoms with Crippen LogP contribution in [0.5, 0.6) is 0 Å². The Bertz CT molecular complexity index is 1500. The summed E-state index contributed by atoms with van der Waals surface area (Å²) in [4.78, 5) is 28.3. The van der Waals surface area contributed by atoms with E-state index in [1.54, 1.807) is 12.1 Å². The van der Waals surface area contributed by atoms with Crippen molar-refractivity contribution in [3.05, 3.63) is 124 Å². The molecule has 39 heavy (non-hydrogen) atoms. The van der Waals surface area contributed by atoms with Crippen molar-refractivity contribution in [2.24, 2.45) is 0 Å². The molecular formula is C31H28ClFN4O2. The van der Waals surface area contributed by atoms with Crippen LogP contribution in [0.4, 0.5) is 26.2 Å². The van der Waals surface area contributed by atoms with Gasteiger partial charge >= 0.3 is 6.03 Å². The summed E-state index contributed by atoms with van der Waals surface area (Å²) in [6, 6.07) is 27.0. The minimum Gasteiger partial charge on any atom is -0.366 e. The van der Waals surface area contributed by atoms with Gasteiger partial charge in [0.05, 0.1) is 10.6 Å². The molecule has 0 aromatic heterocycles. The van der Waals surface area contributed by atoms with Gasteiger partial charge in [0.2, 0.25) is 0 Å². The summed E-state index contributed by atoms with van der Waals surface area (Å²) in [7, 11) is 0. The second-order valence-electron chi connectivity index (χ2n) is 9.37. The van der Waals surface area contributed by atoms with E-state index in [1.165, 1.54) is 29.3 Å². The zero-order chi connectivity index (χ0) is 27.2. The third-order valence-corrected chi connectivity index (χ3v) is 6.98. The number of hydrogen-bond donors (Lipinski definition) is 3. The van der Waals surface area contributed by atoms with Gasteiger partial charge in [-0.2, -0.15) is 0 Å². The number of fused-ring (bicyclic) bond motifs is 1. The van der Waals surface area contributed by atoms with E-state index < -0.39 is 11.8 Å². The van der Waals surface area contributed by atoms with Crippen LogP contribution in [0.15, 0.2) is 91.0 Å². The Labute approximate surface area is 231 Å². The zero-order valence-electron chi connectivity index (χ0n) is 21.2. The maximum atomic E-state index is 13.5. The number of rotatable bonds is 7. The minimum atomic E-state index is -0.568. The van der Waals surface area contributed by atoms with Gasteiger partial charge < -0.3 is 20.9 Å². The minimum absolute atomic E-state index is 0.0882. The summed E-state index contributed by atoms with van der Waals surface area (Å²) in [6.45, 7) is 1.95. The fraction of sp³-hybridized carbons (Fsp3) is 0.161. The van der Waals surface area contributed by atoms with Gasteiger partial charge in [-0.1, -0.05) is 66.2 Å². The molecule has 0 spiro atoms. The standard InChI is InChI=1S/C31H28ClFN4O2/c32-27-19-25(10-12-28(27)33)36-31(39)35-24-11-13-29(37-17-15-22-8-4-5-9-23(22)20-37)26(18-24)30(38)34-16-14-21-6-2-1-3-7-21/h1-13,18-19H,14-17,20H2,(H,34,38)(H2,35,36,39). The van der Waals surface area contributed by atoms with E-state index in [2.05, 4.69) is 33.0 Å². The van der Waals surface area contributed by atoms with Gasteiger partial charge in [0.15, 0.2) is 0 Å². The number of anilines is 3. The second-order valence-corrected chi connectivity index (χ2v) is 9.78. The van der Waals surface area contributed by atoms with Crippen LogP contribution in [0.2, 0.25) is 5.02 Å². The summed E-state index contributed by atoms with van der Waals surface area (Å²) in [6.07, 6.45) is 1.59. The number of amides is 3. The fourth-order valence-corrected chi connectivity index (χ4v) is 4.88. The zero-order valence-corrected chi connectivity index (χ0v) is 22.0. The number of urea groups is 1. The highest BCUT2D eigenvalue weighted by atomic mass is 35.5. The first kappa shape index (κ1) is 26.3. The first-order valence-corrected chi connectivity index (χ1v) is 13.1. The van der Waals surface area contributed by atoms with Crippen molar-refractivity contribution in [1.82, 2.24) is 5.32 Å². The lowest BCUT2D eigenvalue weighted by Crippen LogP contribution is -2.33. The molecule has 0 fully saturated rings. The van der Waals surface area contributed by atoms with E-state index in [0.29, 0.717) is 36.4 Å². The fourth-order valence-electron chi connectivity index (χ4n) is 4.70. The quantitative estimate of drug-likeness (QED) is 0.244. The molecule has 0 bridgehead atoms. The van der Waals surface area contributed by atoms with Crippen molar-refractivity contribution in [3.63, 3.8) is 0 Å². The molecule has 8 heteroatoms. The molecule has 0 radical (unpaired) electrons. The molecule has 1 aliphatic heterocycles. The Morgan fingerprint density at radius 2 is 1.54 bits per heavy atom. The second kappa shape index (κ2) is 12.0. The molecule has 6 nitrogen and oxygen atoms in total. The lowest BCUT2D eigenvalue weighted by atomic mass is 9.98. The van der Waals surface area contributed by atoms with Gasteiger partial charge in [0.25, 0.3) is 5.91 Å². The summed E-state index contributed by atoms with van der Waals surface area (Å²) in [5.41, 5.74) is 5.77. The number of nitrogens with zero attached hydrogens (tertiary/aromatic N) is 1. The Morgan fingerprint density at radius 3 is 2.31 bits per heavy atom. The number of benzene rings is 4. The van der Waals surface area contributed by atoms with E-state index >= 15 is 0 Å². The van der Waals surface area contributed by atoms with E-state index in [9.17, 15) is 14.0 Å². The van der Waals surface area contributed by atoms with Crippen LogP contribution in [-0.4, -0.2) is 25.0 Å². The lowest BCUT2D eigenvalue weighted by molar-refractivity contribution is 0.0954. The molecule has 4 aromatic carbocycles. The van der Waals surface area contributed by atoms with E-state index in [0.717, 1.165) is 24.2 Å². The smallest absolute Gasteiger partial charge is 0.323 e. The molecule has 3 amide bonds. The first-order chi connectivity index (χ1) is 19.0. The number of nitrogens with one attached hydrogen (secondary N) is 3. The highest BCUT2D eigenvalue weighted by Gasteiger charge is 2.22. The summed E-state index contributed by atoms with van der Waals surface area (Å²) >= 11 is 5.82. The van der Waals surface area contributed by atoms with Gasteiger partial charge in [-0.05, 0) is 65.9 Å². The number of carbonyl (C=O) groups is 2. The normalized spacial score (nSPS) is 12.4. The largest absolute Gasteiger partial charge is 0.366 e. The molecule has 1 aliphatic rings. The molecule has 0 atom stereocenters. The van der Waals surface area contributed by atoms with Crippen LogP contribution in [0, 0.1) is 5.82 Å². The van der Waals surface area contributed by atoms with Gasteiger partial charge in [-0.3, -0.25) is 4.79 Å². The highest BCUT2D eigenvalue weighted by Crippen LogP contribution is 2.30. The Kier molecular flexibility index (Phi) is 8.08. The molecule has 4 aromatic rings. The predicted molar refractivity (Wildman–Crippen MR) is 154 cm³/mol. The molecule has 3 N–H and O–H groups in total. The van der Waals surface area contributed by atoms with Crippen LogP contribution in [0.3, 0.4) is 0 Å². The monoisotopic (exact) mass is 542 g/mol. The van der Waals surface area contributed by atoms with E-state index in [1.807, 2.05) is 48.5 Å². The lowest BCUT2D eigenvalue weighted by Gasteiger charge is -2.32. The average Bonchev–Trinajstić information content (AvgIpc) is 2.95. The molecule has 0 saturated carbocycles. The average molecular weight is 543 g/mol. The van der Waals surface area contributed by atoms with Crippen molar-refractivity contribution in [2.45, 2.75) is 19.4 Å². The van der Waals surface area contributed by atoms with Crippen molar-refractivity contribution in [3.8, 4) is 0 Å². The Morgan fingerprint density at radius 1 is 0.846 bits per heavy atom. The number of hydrogen-bond acceptors (Lipinski definition) is 3. The van der Waals surface area contributed by atoms with Crippen molar-refractivity contribution < 1.29 is 14.0 Å². The van der Waals surface area contributed by atoms with Gasteiger partial charge in [-0.25, -0.2) is 9.18 Å². The van der Waals surface area contributed by atoms with Crippen LogP contribution in [-0.2, 0) is 19.4 Å². The van der Waals surface area contributed by atoms with Crippen LogP contribution in [0.1, 0.15) is 27.0 Å². The number of halogens is 2. The number of carbonyl (C=O) groups excluding carboxylic acids is 2. The molecule has 1 heterocycles.